The van der Waals surface area contributed by atoms with E-state index in [1.807, 2.05) is 34.3 Å². The van der Waals surface area contributed by atoms with Crippen LogP contribution in [0, 0.1) is 11.2 Å². The Balaban J connectivity index is 1.77. The molecule has 0 saturated carbocycles. The molecule has 1 aliphatic rings. The molecule has 1 aliphatic heterocycles. The highest BCUT2D eigenvalue weighted by molar-refractivity contribution is 5.88. The summed E-state index contributed by atoms with van der Waals surface area (Å²) in [5, 5.41) is 7.17. The Morgan fingerprint density at radius 2 is 2.00 bits per heavy atom. The van der Waals surface area contributed by atoms with Crippen molar-refractivity contribution in [3.63, 3.8) is 0 Å². The Hall–Kier alpha value is -2.74. The van der Waals surface area contributed by atoms with E-state index in [0.29, 0.717) is 5.56 Å². The van der Waals surface area contributed by atoms with Crippen molar-refractivity contribution in [2.24, 2.45) is 12.5 Å². The Labute approximate surface area is 170 Å². The zero-order valence-electron chi connectivity index (χ0n) is 17.4. The summed E-state index contributed by atoms with van der Waals surface area (Å²) < 4.78 is 16.0. The highest BCUT2D eigenvalue weighted by Crippen LogP contribution is 2.36. The minimum absolute atomic E-state index is 0.0349. The van der Waals surface area contributed by atoms with Gasteiger partial charge in [0.05, 0.1) is 24.2 Å². The maximum absolute atomic E-state index is 14.3. The molecule has 29 heavy (non-hydrogen) atoms. The topological polar surface area (TPSA) is 70.5 Å². The van der Waals surface area contributed by atoms with Gasteiger partial charge in [0.1, 0.15) is 5.82 Å². The number of likely N-dealkylation sites (tertiary alicyclic amines) is 1. The predicted molar refractivity (Wildman–Crippen MR) is 107 cm³/mol. The highest BCUT2D eigenvalue weighted by atomic mass is 19.1. The molecule has 1 saturated heterocycles. The summed E-state index contributed by atoms with van der Waals surface area (Å²) in [6, 6.07) is 6.24. The van der Waals surface area contributed by atoms with Crippen molar-refractivity contribution in [3.8, 4) is 0 Å². The van der Waals surface area contributed by atoms with Crippen molar-refractivity contribution in [3.05, 3.63) is 53.6 Å². The van der Waals surface area contributed by atoms with Gasteiger partial charge >= 0.3 is 0 Å². The molecule has 8 heteroatoms. The zero-order chi connectivity index (χ0) is 21.2. The van der Waals surface area contributed by atoms with Gasteiger partial charge < -0.3 is 15.1 Å². The molecule has 1 atom stereocenters. The van der Waals surface area contributed by atoms with E-state index in [1.165, 1.54) is 6.07 Å². The second kappa shape index (κ2) is 8.32. The molecule has 0 bridgehead atoms. The van der Waals surface area contributed by atoms with Gasteiger partial charge in [-0.05, 0) is 39.1 Å². The van der Waals surface area contributed by atoms with Gasteiger partial charge in [-0.3, -0.25) is 14.3 Å². The van der Waals surface area contributed by atoms with Crippen LogP contribution in [0.2, 0.25) is 0 Å². The molecular weight excluding hydrogens is 373 g/mol. The second-order valence-electron chi connectivity index (χ2n) is 8.18. The second-order valence-corrected chi connectivity index (χ2v) is 8.18. The monoisotopic (exact) mass is 401 g/mol. The van der Waals surface area contributed by atoms with Crippen LogP contribution < -0.4 is 5.32 Å². The number of rotatable bonds is 7. The maximum Gasteiger partial charge on any atom is 0.236 e. The molecule has 0 radical (unpaired) electrons. The van der Waals surface area contributed by atoms with E-state index < -0.39 is 5.41 Å². The molecule has 1 aromatic carbocycles. The van der Waals surface area contributed by atoms with Crippen molar-refractivity contribution >= 4 is 11.8 Å². The first kappa shape index (κ1) is 21.0. The molecule has 156 valence electrons. The van der Waals surface area contributed by atoms with Crippen LogP contribution in [-0.2, 0) is 23.1 Å². The summed E-state index contributed by atoms with van der Waals surface area (Å²) >= 11 is 0. The van der Waals surface area contributed by atoms with Crippen LogP contribution >= 0.6 is 0 Å². The number of aryl methyl sites for hydroxylation is 1. The third-order valence-electron chi connectivity index (χ3n) is 5.33. The first-order valence-corrected chi connectivity index (χ1v) is 9.65. The summed E-state index contributed by atoms with van der Waals surface area (Å²) in [4.78, 5) is 29.1. The fraction of sp³-hybridized carbons (Fsp3) is 0.476. The predicted octanol–water partition coefficient (Wildman–Crippen LogP) is 1.37. The Morgan fingerprint density at radius 1 is 1.31 bits per heavy atom. The number of nitrogens with zero attached hydrogens (tertiary/aromatic N) is 4. The zero-order valence-corrected chi connectivity index (χ0v) is 17.4. The molecule has 1 unspecified atom stereocenters. The van der Waals surface area contributed by atoms with Gasteiger partial charge in [0.25, 0.3) is 0 Å². The largest absolute Gasteiger partial charge is 0.349 e. The number of aromatic nitrogens is 2. The van der Waals surface area contributed by atoms with Crippen LogP contribution in [0.1, 0.15) is 24.1 Å². The highest BCUT2D eigenvalue weighted by Gasteiger charge is 2.51. The number of benzene rings is 1. The molecule has 2 amide bonds. The van der Waals surface area contributed by atoms with E-state index in [2.05, 4.69) is 10.4 Å². The standard InChI is InChI=1S/C21H28FN5O2/c1-15(17-10-23-26(4)11-17)24-20(29)21(9-16-7-5-6-8-18(16)22)13-27(14-21)19(28)12-25(2)3/h5-8,10-11,15H,9,12-14H2,1-4H3,(H,24,29). The third-order valence-corrected chi connectivity index (χ3v) is 5.33. The van der Waals surface area contributed by atoms with Gasteiger partial charge in [0.2, 0.25) is 11.8 Å². The minimum atomic E-state index is -0.847. The summed E-state index contributed by atoms with van der Waals surface area (Å²) in [5.74, 6) is -0.545. The smallest absolute Gasteiger partial charge is 0.236 e. The van der Waals surface area contributed by atoms with E-state index >= 15 is 0 Å². The van der Waals surface area contributed by atoms with E-state index in [-0.39, 0.29) is 49.7 Å². The SMILES string of the molecule is CC(NC(=O)C1(Cc2ccccc2F)CN(C(=O)CN(C)C)C1)c1cnn(C)c1. The molecule has 2 aromatic rings. The lowest BCUT2D eigenvalue weighted by atomic mass is 9.73. The lowest BCUT2D eigenvalue weighted by Crippen LogP contribution is -2.66. The van der Waals surface area contributed by atoms with E-state index in [9.17, 15) is 14.0 Å². The quantitative estimate of drug-likeness (QED) is 0.761. The van der Waals surface area contributed by atoms with E-state index in [0.717, 1.165) is 5.56 Å². The number of likely N-dealkylation sites (N-methyl/N-ethyl adjacent to an activating group) is 1. The lowest BCUT2D eigenvalue weighted by molar-refractivity contribution is -0.154. The van der Waals surface area contributed by atoms with Crippen LogP contribution in [0.25, 0.3) is 0 Å². The van der Waals surface area contributed by atoms with Crippen LogP contribution in [0.15, 0.2) is 36.7 Å². The molecule has 0 spiro atoms. The molecule has 7 nitrogen and oxygen atoms in total. The fourth-order valence-corrected chi connectivity index (χ4v) is 3.67. The van der Waals surface area contributed by atoms with Crippen molar-refractivity contribution < 1.29 is 14.0 Å². The van der Waals surface area contributed by atoms with Crippen molar-refractivity contribution in [1.29, 1.82) is 0 Å². The van der Waals surface area contributed by atoms with E-state index in [4.69, 9.17) is 0 Å². The summed E-state index contributed by atoms with van der Waals surface area (Å²) in [7, 11) is 5.47. The number of hydrogen-bond donors (Lipinski definition) is 1. The van der Waals surface area contributed by atoms with Crippen molar-refractivity contribution in [2.75, 3.05) is 33.7 Å². The van der Waals surface area contributed by atoms with Gasteiger partial charge in [-0.1, -0.05) is 18.2 Å². The average Bonchev–Trinajstić information content (AvgIpc) is 3.05. The summed E-state index contributed by atoms with van der Waals surface area (Å²) in [6.07, 6.45) is 3.81. The Morgan fingerprint density at radius 3 is 2.59 bits per heavy atom. The molecule has 2 heterocycles. The molecule has 0 aliphatic carbocycles. The Kier molecular flexibility index (Phi) is 6.02. The Bertz CT molecular complexity index is 889. The van der Waals surface area contributed by atoms with Crippen LogP contribution in [0.3, 0.4) is 0 Å². The molecule has 1 aromatic heterocycles. The van der Waals surface area contributed by atoms with Gasteiger partial charge in [0.15, 0.2) is 0 Å². The summed E-state index contributed by atoms with van der Waals surface area (Å²) in [5.41, 5.74) is 0.527. The number of nitrogens with one attached hydrogen (secondary N) is 1. The number of carbonyl (C=O) groups excluding carboxylic acids is 2. The van der Waals surface area contributed by atoms with Crippen molar-refractivity contribution in [2.45, 2.75) is 19.4 Å². The first-order chi connectivity index (χ1) is 13.7. The molecule has 3 rings (SSSR count). The van der Waals surface area contributed by atoms with Gasteiger partial charge in [0, 0.05) is 31.9 Å². The third kappa shape index (κ3) is 4.64. The van der Waals surface area contributed by atoms with Crippen LogP contribution in [0.4, 0.5) is 4.39 Å². The number of hydrogen-bond acceptors (Lipinski definition) is 4. The fourth-order valence-electron chi connectivity index (χ4n) is 3.67. The molecular formula is C21H28FN5O2. The van der Waals surface area contributed by atoms with Gasteiger partial charge in [-0.15, -0.1) is 0 Å². The summed E-state index contributed by atoms with van der Waals surface area (Å²) in [6.45, 7) is 2.72. The van der Waals surface area contributed by atoms with Gasteiger partial charge in [-0.25, -0.2) is 4.39 Å². The maximum atomic E-state index is 14.3. The normalized spacial score (nSPS) is 16.4. The average molecular weight is 401 g/mol. The van der Waals surface area contributed by atoms with E-state index in [1.54, 1.807) is 38.9 Å². The number of halogens is 1. The number of carbonyl (C=O) groups is 2. The number of amides is 2. The van der Waals surface area contributed by atoms with Crippen LogP contribution in [0.5, 0.6) is 0 Å². The lowest BCUT2D eigenvalue weighted by Gasteiger charge is -2.49. The van der Waals surface area contributed by atoms with Crippen LogP contribution in [-0.4, -0.2) is 65.1 Å². The minimum Gasteiger partial charge on any atom is -0.349 e. The molecule has 1 fully saturated rings. The molecule has 1 N–H and O–H groups in total. The first-order valence-electron chi connectivity index (χ1n) is 9.65. The van der Waals surface area contributed by atoms with Gasteiger partial charge in [-0.2, -0.15) is 5.10 Å². The van der Waals surface area contributed by atoms with Crippen molar-refractivity contribution in [1.82, 2.24) is 24.9 Å².